The number of nitrogens with zero attached hydrogens (tertiary/aromatic N) is 1. The smallest absolute Gasteiger partial charge is 0.410 e. The Hall–Kier alpha value is -1.63. The number of rotatable bonds is 7. The van der Waals surface area contributed by atoms with Crippen LogP contribution in [-0.4, -0.2) is 48.5 Å². The third-order valence-corrected chi connectivity index (χ3v) is 7.04. The number of fused-ring (bicyclic) bond motifs is 1. The molecule has 0 saturated carbocycles. The second kappa shape index (κ2) is 9.67. The van der Waals surface area contributed by atoms with E-state index < -0.39 is 11.2 Å². The Balaban J connectivity index is 1.84. The lowest BCUT2D eigenvalue weighted by Gasteiger charge is -2.42. The second-order valence-electron chi connectivity index (χ2n) is 9.29. The van der Waals surface area contributed by atoms with Gasteiger partial charge in [0, 0.05) is 42.3 Å². The summed E-state index contributed by atoms with van der Waals surface area (Å²) in [7, 11) is 1.71. The zero-order valence-corrected chi connectivity index (χ0v) is 19.5. The largest absolute Gasteiger partial charge is 0.444 e. The van der Waals surface area contributed by atoms with Crippen molar-refractivity contribution in [2.45, 2.75) is 64.1 Å². The number of likely N-dealkylation sites (tertiary alicyclic amines) is 1. The minimum absolute atomic E-state index is 0.0191. The maximum Gasteiger partial charge on any atom is 0.410 e. The van der Waals surface area contributed by atoms with Crippen LogP contribution in [-0.2, 0) is 15.1 Å². The topological polar surface area (TPSA) is 59.0 Å². The van der Waals surface area contributed by atoms with Crippen LogP contribution in [0.3, 0.4) is 0 Å². The number of aliphatic hydroxyl groups is 1. The number of hydrogen-bond donors (Lipinski definition) is 1. The molecule has 1 aromatic heterocycles. The fourth-order valence-corrected chi connectivity index (χ4v) is 5.48. The lowest BCUT2D eigenvalue weighted by Crippen LogP contribution is -2.49. The van der Waals surface area contributed by atoms with E-state index in [0.717, 1.165) is 35.9 Å². The van der Waals surface area contributed by atoms with E-state index >= 15 is 0 Å². The van der Waals surface area contributed by atoms with E-state index in [0.29, 0.717) is 26.1 Å². The molecule has 2 aromatic rings. The molecule has 1 aliphatic rings. The molecule has 6 heteroatoms. The van der Waals surface area contributed by atoms with Crippen molar-refractivity contribution in [3.8, 4) is 0 Å². The van der Waals surface area contributed by atoms with Crippen LogP contribution < -0.4 is 0 Å². The number of ether oxygens (including phenoxy) is 2. The molecule has 0 aliphatic carbocycles. The van der Waals surface area contributed by atoms with Crippen LogP contribution in [0.1, 0.15) is 57.8 Å². The van der Waals surface area contributed by atoms with Crippen LogP contribution in [0.15, 0.2) is 30.3 Å². The van der Waals surface area contributed by atoms with Crippen molar-refractivity contribution in [3.63, 3.8) is 0 Å². The highest BCUT2D eigenvalue weighted by Gasteiger charge is 2.42. The van der Waals surface area contributed by atoms with Gasteiger partial charge >= 0.3 is 6.09 Å². The molecular weight excluding hydrogens is 398 g/mol. The number of thiophene rings is 1. The van der Waals surface area contributed by atoms with Gasteiger partial charge in [-0.3, -0.25) is 0 Å². The summed E-state index contributed by atoms with van der Waals surface area (Å²) in [5.41, 5.74) is -1.48. The zero-order valence-electron chi connectivity index (χ0n) is 18.6. The molecule has 0 bridgehead atoms. The highest BCUT2D eigenvalue weighted by molar-refractivity contribution is 7.19. The van der Waals surface area contributed by atoms with Crippen LogP contribution in [0.5, 0.6) is 0 Å². The van der Waals surface area contributed by atoms with Gasteiger partial charge in [-0.15, -0.1) is 11.3 Å². The molecule has 2 heterocycles. The first-order chi connectivity index (χ1) is 14.2. The number of unbranched alkanes of at least 4 members (excludes halogenated alkanes) is 1. The average Bonchev–Trinajstić information content (AvgIpc) is 3.15. The first-order valence-electron chi connectivity index (χ1n) is 10.9. The van der Waals surface area contributed by atoms with Crippen molar-refractivity contribution in [3.05, 3.63) is 35.2 Å². The zero-order chi connectivity index (χ0) is 21.8. The van der Waals surface area contributed by atoms with Crippen molar-refractivity contribution >= 4 is 27.5 Å². The van der Waals surface area contributed by atoms with E-state index in [2.05, 4.69) is 18.2 Å². The summed E-state index contributed by atoms with van der Waals surface area (Å²) in [6, 6.07) is 10.4. The summed E-state index contributed by atoms with van der Waals surface area (Å²) in [4.78, 5) is 15.4. The van der Waals surface area contributed by atoms with E-state index in [-0.39, 0.29) is 12.0 Å². The van der Waals surface area contributed by atoms with Crippen molar-refractivity contribution < 1.29 is 19.4 Å². The first kappa shape index (κ1) is 23.0. The van der Waals surface area contributed by atoms with Crippen LogP contribution in [0.25, 0.3) is 10.1 Å². The van der Waals surface area contributed by atoms with Crippen LogP contribution in [0.2, 0.25) is 0 Å². The van der Waals surface area contributed by atoms with Crippen LogP contribution in [0, 0.1) is 5.92 Å². The predicted octanol–water partition coefficient (Wildman–Crippen LogP) is 5.55. The van der Waals surface area contributed by atoms with Crippen molar-refractivity contribution in [2.24, 2.45) is 5.92 Å². The summed E-state index contributed by atoms with van der Waals surface area (Å²) < 4.78 is 12.0. The molecule has 30 heavy (non-hydrogen) atoms. The Morgan fingerprint density at radius 3 is 2.73 bits per heavy atom. The number of carbonyl (C=O) groups excluding carboxylic acids is 1. The van der Waals surface area contributed by atoms with Crippen molar-refractivity contribution in [1.82, 2.24) is 4.90 Å². The minimum Gasteiger partial charge on any atom is -0.444 e. The first-order valence-corrected chi connectivity index (χ1v) is 11.7. The van der Waals surface area contributed by atoms with Gasteiger partial charge in [0.25, 0.3) is 0 Å². The predicted molar refractivity (Wildman–Crippen MR) is 122 cm³/mol. The second-order valence-corrected chi connectivity index (χ2v) is 10.4. The fourth-order valence-electron chi connectivity index (χ4n) is 4.22. The Morgan fingerprint density at radius 1 is 1.27 bits per heavy atom. The van der Waals surface area contributed by atoms with E-state index in [4.69, 9.17) is 9.47 Å². The van der Waals surface area contributed by atoms with Gasteiger partial charge in [-0.05, 0) is 70.4 Å². The third-order valence-electron chi connectivity index (χ3n) is 5.76. The lowest BCUT2D eigenvalue weighted by molar-refractivity contribution is -0.0617. The standard InChI is InChI=1S/C24H35NO4S/c1-23(2,3)29-22(26)25-14-9-11-19(17-25)24(27,13-7-8-15-28-4)21-16-18-10-5-6-12-20(18)30-21/h5-6,10,12,16,19,27H,7-9,11,13-15,17H2,1-4H3/t19?,24-/m0/s1. The molecule has 1 unspecified atom stereocenters. The van der Waals surface area contributed by atoms with E-state index in [1.165, 1.54) is 4.70 Å². The van der Waals surface area contributed by atoms with Crippen molar-refractivity contribution in [2.75, 3.05) is 26.8 Å². The fraction of sp³-hybridized carbons (Fsp3) is 0.625. The molecule has 1 amide bonds. The molecule has 0 spiro atoms. The van der Waals surface area contributed by atoms with Gasteiger partial charge < -0.3 is 19.5 Å². The summed E-state index contributed by atoms with van der Waals surface area (Å²) >= 11 is 1.67. The number of piperidine rings is 1. The molecule has 1 fully saturated rings. The quantitative estimate of drug-likeness (QED) is 0.581. The molecule has 5 nitrogen and oxygen atoms in total. The summed E-state index contributed by atoms with van der Waals surface area (Å²) in [5.74, 6) is -0.0191. The molecule has 1 saturated heterocycles. The molecule has 2 atom stereocenters. The number of amides is 1. The van der Waals surface area contributed by atoms with Gasteiger partial charge in [-0.2, -0.15) is 0 Å². The van der Waals surface area contributed by atoms with Gasteiger partial charge in [-0.1, -0.05) is 18.2 Å². The van der Waals surface area contributed by atoms with Gasteiger partial charge in [-0.25, -0.2) is 4.79 Å². The number of methoxy groups -OCH3 is 1. The lowest BCUT2D eigenvalue weighted by atomic mass is 9.77. The molecule has 3 rings (SSSR count). The molecule has 1 N–H and O–H groups in total. The molecule has 1 aromatic carbocycles. The van der Waals surface area contributed by atoms with E-state index in [9.17, 15) is 9.90 Å². The SMILES string of the molecule is COCCCC[C@@](O)(c1cc2ccccc2s1)C1CCCN(C(=O)OC(C)(C)C)C1. The average molecular weight is 434 g/mol. The monoisotopic (exact) mass is 433 g/mol. The Bertz CT molecular complexity index is 810. The summed E-state index contributed by atoms with van der Waals surface area (Å²) in [6.07, 6.45) is 3.93. The normalized spacial score (nSPS) is 19.6. The maximum atomic E-state index is 12.7. The molecular formula is C24H35NO4S. The highest BCUT2D eigenvalue weighted by Crippen LogP contribution is 2.44. The Morgan fingerprint density at radius 2 is 2.03 bits per heavy atom. The van der Waals surface area contributed by atoms with Gasteiger partial charge in [0.05, 0.1) is 0 Å². The van der Waals surface area contributed by atoms with E-state index in [1.54, 1.807) is 23.3 Å². The van der Waals surface area contributed by atoms with Crippen LogP contribution in [0.4, 0.5) is 4.79 Å². The summed E-state index contributed by atoms with van der Waals surface area (Å²) in [6.45, 7) is 7.54. The van der Waals surface area contributed by atoms with Gasteiger partial charge in [0.1, 0.15) is 11.2 Å². The maximum absolute atomic E-state index is 12.7. The summed E-state index contributed by atoms with van der Waals surface area (Å²) in [5, 5.41) is 13.2. The number of hydrogen-bond acceptors (Lipinski definition) is 5. The van der Waals surface area contributed by atoms with Gasteiger partial charge in [0.2, 0.25) is 0 Å². The molecule has 0 radical (unpaired) electrons. The number of benzene rings is 1. The molecule has 1 aliphatic heterocycles. The highest BCUT2D eigenvalue weighted by atomic mass is 32.1. The van der Waals surface area contributed by atoms with Crippen LogP contribution >= 0.6 is 11.3 Å². The van der Waals surface area contributed by atoms with Gasteiger partial charge in [0.15, 0.2) is 0 Å². The minimum atomic E-state index is -0.960. The number of carbonyl (C=O) groups is 1. The Kier molecular flexibility index (Phi) is 7.43. The molecule has 166 valence electrons. The van der Waals surface area contributed by atoms with Crippen molar-refractivity contribution in [1.29, 1.82) is 0 Å². The third kappa shape index (κ3) is 5.54. The van der Waals surface area contributed by atoms with E-state index in [1.807, 2.05) is 32.9 Å². The Labute approximate surface area is 184 Å².